The van der Waals surface area contributed by atoms with E-state index in [4.69, 9.17) is 0 Å². The molecule has 0 saturated carbocycles. The molecule has 1 heterocycles. The highest BCUT2D eigenvalue weighted by Crippen LogP contribution is 2.12. The van der Waals surface area contributed by atoms with Crippen LogP contribution < -0.4 is 0 Å². The summed E-state index contributed by atoms with van der Waals surface area (Å²) >= 11 is 0. The minimum atomic E-state index is -0.307. The van der Waals surface area contributed by atoms with E-state index in [0.717, 1.165) is 37.3 Å². The fraction of sp³-hybridized carbons (Fsp3) is 0.533. The van der Waals surface area contributed by atoms with Gasteiger partial charge in [-0.2, -0.15) is 0 Å². The largest absolute Gasteiger partial charge is 0.392 e. The van der Waals surface area contributed by atoms with Crippen LogP contribution in [0.1, 0.15) is 22.8 Å². The lowest BCUT2D eigenvalue weighted by atomic mass is 10.1. The summed E-state index contributed by atoms with van der Waals surface area (Å²) in [6.45, 7) is 7.60. The number of aryl methyl sites for hydroxylation is 1. The minimum absolute atomic E-state index is 0.120. The van der Waals surface area contributed by atoms with E-state index in [1.54, 1.807) is 6.92 Å². The van der Waals surface area contributed by atoms with Crippen LogP contribution in [0.2, 0.25) is 0 Å². The van der Waals surface area contributed by atoms with Crippen LogP contribution in [-0.2, 0) is 0 Å². The van der Waals surface area contributed by atoms with Gasteiger partial charge in [-0.1, -0.05) is 18.2 Å². The van der Waals surface area contributed by atoms with Crippen molar-refractivity contribution in [2.45, 2.75) is 20.0 Å². The van der Waals surface area contributed by atoms with Gasteiger partial charge in [-0.05, 0) is 25.5 Å². The van der Waals surface area contributed by atoms with Crippen molar-refractivity contribution in [2.24, 2.45) is 0 Å². The third-order valence-electron chi connectivity index (χ3n) is 3.56. The van der Waals surface area contributed by atoms with Gasteiger partial charge in [-0.25, -0.2) is 0 Å². The van der Waals surface area contributed by atoms with Crippen molar-refractivity contribution in [3.63, 3.8) is 0 Å². The number of benzene rings is 1. The molecule has 4 heteroatoms. The smallest absolute Gasteiger partial charge is 0.254 e. The summed E-state index contributed by atoms with van der Waals surface area (Å²) in [4.78, 5) is 16.5. The third kappa shape index (κ3) is 3.55. The van der Waals surface area contributed by atoms with E-state index in [2.05, 4.69) is 4.90 Å². The number of amides is 1. The zero-order valence-electron chi connectivity index (χ0n) is 11.7. The van der Waals surface area contributed by atoms with E-state index < -0.39 is 0 Å². The summed E-state index contributed by atoms with van der Waals surface area (Å²) in [5, 5.41) is 9.37. The number of aliphatic hydroxyl groups is 1. The van der Waals surface area contributed by atoms with Gasteiger partial charge >= 0.3 is 0 Å². The first-order valence-electron chi connectivity index (χ1n) is 6.83. The fourth-order valence-corrected chi connectivity index (χ4v) is 2.49. The van der Waals surface area contributed by atoms with Crippen molar-refractivity contribution in [2.75, 3.05) is 32.7 Å². The van der Waals surface area contributed by atoms with Crippen LogP contribution in [0.25, 0.3) is 0 Å². The molecule has 1 saturated heterocycles. The minimum Gasteiger partial charge on any atom is -0.392 e. The van der Waals surface area contributed by atoms with E-state index in [0.29, 0.717) is 6.54 Å². The van der Waals surface area contributed by atoms with Crippen LogP contribution in [0.3, 0.4) is 0 Å². The molecule has 1 aromatic rings. The SMILES string of the molecule is Cc1ccccc1C(=O)N1CCN(CC(C)O)CC1. The molecule has 19 heavy (non-hydrogen) atoms. The van der Waals surface area contributed by atoms with Gasteiger partial charge in [0.1, 0.15) is 0 Å². The van der Waals surface area contributed by atoms with Crippen LogP contribution in [0.4, 0.5) is 0 Å². The van der Waals surface area contributed by atoms with Gasteiger partial charge in [0.25, 0.3) is 5.91 Å². The zero-order valence-corrected chi connectivity index (χ0v) is 11.7. The fourth-order valence-electron chi connectivity index (χ4n) is 2.49. The van der Waals surface area contributed by atoms with Crippen LogP contribution >= 0.6 is 0 Å². The van der Waals surface area contributed by atoms with E-state index >= 15 is 0 Å². The number of β-amino-alcohol motifs (C(OH)–C–C–N with tert-alkyl or cyclic N) is 1. The van der Waals surface area contributed by atoms with Gasteiger partial charge in [0.15, 0.2) is 0 Å². The maximum atomic E-state index is 12.4. The Morgan fingerprint density at radius 1 is 1.26 bits per heavy atom. The average Bonchev–Trinajstić information content (AvgIpc) is 2.39. The van der Waals surface area contributed by atoms with Crippen molar-refractivity contribution in [1.82, 2.24) is 9.80 Å². The molecule has 0 radical (unpaired) electrons. The molecule has 1 unspecified atom stereocenters. The quantitative estimate of drug-likeness (QED) is 0.888. The van der Waals surface area contributed by atoms with Crippen molar-refractivity contribution < 1.29 is 9.90 Å². The van der Waals surface area contributed by atoms with E-state index in [1.807, 2.05) is 36.1 Å². The molecule has 1 N–H and O–H groups in total. The van der Waals surface area contributed by atoms with Crippen LogP contribution in [-0.4, -0.2) is 59.6 Å². The highest BCUT2D eigenvalue weighted by Gasteiger charge is 2.23. The van der Waals surface area contributed by atoms with Crippen molar-refractivity contribution in [3.8, 4) is 0 Å². The number of carbonyl (C=O) groups is 1. The molecule has 0 bridgehead atoms. The molecule has 0 spiro atoms. The lowest BCUT2D eigenvalue weighted by Gasteiger charge is -2.35. The molecule has 1 aliphatic heterocycles. The number of piperazine rings is 1. The summed E-state index contributed by atoms with van der Waals surface area (Å²) in [6.07, 6.45) is -0.307. The molecule has 1 aliphatic rings. The van der Waals surface area contributed by atoms with E-state index in [9.17, 15) is 9.90 Å². The summed E-state index contributed by atoms with van der Waals surface area (Å²) in [5.74, 6) is 0.120. The number of rotatable bonds is 3. The van der Waals surface area contributed by atoms with Gasteiger partial charge in [-0.15, -0.1) is 0 Å². The van der Waals surface area contributed by atoms with Gasteiger partial charge in [-0.3, -0.25) is 9.69 Å². The molecule has 1 fully saturated rings. The van der Waals surface area contributed by atoms with E-state index in [1.165, 1.54) is 0 Å². The monoisotopic (exact) mass is 262 g/mol. The molecule has 2 rings (SSSR count). The summed E-state index contributed by atoms with van der Waals surface area (Å²) < 4.78 is 0. The first kappa shape index (κ1) is 14.0. The first-order valence-corrected chi connectivity index (χ1v) is 6.83. The normalized spacial score (nSPS) is 18.4. The Labute approximate surface area is 114 Å². The third-order valence-corrected chi connectivity index (χ3v) is 3.56. The Morgan fingerprint density at radius 2 is 1.89 bits per heavy atom. The second-order valence-electron chi connectivity index (χ2n) is 5.26. The van der Waals surface area contributed by atoms with Gasteiger partial charge in [0.2, 0.25) is 0 Å². The molecule has 0 aromatic heterocycles. The van der Waals surface area contributed by atoms with Gasteiger partial charge in [0.05, 0.1) is 6.10 Å². The Morgan fingerprint density at radius 3 is 2.47 bits per heavy atom. The Balaban J connectivity index is 1.95. The Hall–Kier alpha value is -1.39. The topological polar surface area (TPSA) is 43.8 Å². The standard InChI is InChI=1S/C15H22N2O2/c1-12-5-3-4-6-14(12)15(19)17-9-7-16(8-10-17)11-13(2)18/h3-6,13,18H,7-11H2,1-2H3. The van der Waals surface area contributed by atoms with Gasteiger partial charge < -0.3 is 10.0 Å². The van der Waals surface area contributed by atoms with Crippen molar-refractivity contribution >= 4 is 5.91 Å². The van der Waals surface area contributed by atoms with Crippen LogP contribution in [0.5, 0.6) is 0 Å². The number of nitrogens with zero attached hydrogens (tertiary/aromatic N) is 2. The molecule has 104 valence electrons. The molecular weight excluding hydrogens is 240 g/mol. The maximum Gasteiger partial charge on any atom is 0.254 e. The average molecular weight is 262 g/mol. The predicted molar refractivity (Wildman–Crippen MR) is 75.2 cm³/mol. The molecule has 1 aromatic carbocycles. The molecule has 0 aliphatic carbocycles. The summed E-state index contributed by atoms with van der Waals surface area (Å²) in [5.41, 5.74) is 1.82. The highest BCUT2D eigenvalue weighted by atomic mass is 16.3. The van der Waals surface area contributed by atoms with Crippen LogP contribution in [0, 0.1) is 6.92 Å². The molecule has 4 nitrogen and oxygen atoms in total. The van der Waals surface area contributed by atoms with E-state index in [-0.39, 0.29) is 12.0 Å². The second kappa shape index (κ2) is 6.17. The Bertz CT molecular complexity index is 438. The van der Waals surface area contributed by atoms with Crippen molar-refractivity contribution in [3.05, 3.63) is 35.4 Å². The zero-order chi connectivity index (χ0) is 13.8. The summed E-state index contributed by atoms with van der Waals surface area (Å²) in [7, 11) is 0. The second-order valence-corrected chi connectivity index (χ2v) is 5.26. The lowest BCUT2D eigenvalue weighted by molar-refractivity contribution is 0.0553. The molecule has 1 amide bonds. The Kier molecular flexibility index (Phi) is 4.56. The summed E-state index contributed by atoms with van der Waals surface area (Å²) in [6, 6.07) is 7.72. The number of aliphatic hydroxyl groups excluding tert-OH is 1. The maximum absolute atomic E-state index is 12.4. The lowest BCUT2D eigenvalue weighted by Crippen LogP contribution is -2.50. The van der Waals surface area contributed by atoms with Crippen LogP contribution in [0.15, 0.2) is 24.3 Å². The number of carbonyl (C=O) groups excluding carboxylic acids is 1. The number of hydrogen-bond acceptors (Lipinski definition) is 3. The van der Waals surface area contributed by atoms with Crippen molar-refractivity contribution in [1.29, 1.82) is 0 Å². The molecular formula is C15H22N2O2. The first-order chi connectivity index (χ1) is 9.08. The number of hydrogen-bond donors (Lipinski definition) is 1. The highest BCUT2D eigenvalue weighted by molar-refractivity contribution is 5.95. The molecule has 1 atom stereocenters. The predicted octanol–water partition coefficient (Wildman–Crippen LogP) is 1.13. The van der Waals surface area contributed by atoms with Gasteiger partial charge in [0, 0.05) is 38.3 Å².